The van der Waals surface area contributed by atoms with Gasteiger partial charge in [0.25, 0.3) is 5.91 Å². The van der Waals surface area contributed by atoms with E-state index in [0.29, 0.717) is 6.54 Å². The highest BCUT2D eigenvalue weighted by Gasteiger charge is 2.32. The molecule has 0 spiro atoms. The molecule has 2 aromatic carbocycles. The lowest BCUT2D eigenvalue weighted by Gasteiger charge is -2.17. The minimum Gasteiger partial charge on any atom is -0.496 e. The first-order valence-electron chi connectivity index (χ1n) is 9.78. The Morgan fingerprint density at radius 1 is 1.08 bits per heavy atom. The van der Waals surface area contributed by atoms with Gasteiger partial charge in [0.05, 0.1) is 7.11 Å². The highest BCUT2D eigenvalue weighted by molar-refractivity contribution is 6.01. The van der Waals surface area contributed by atoms with Gasteiger partial charge in [0.2, 0.25) is 0 Å². The fourth-order valence-electron chi connectivity index (χ4n) is 3.93. The predicted octanol–water partition coefficient (Wildman–Crippen LogP) is 5.46. The van der Waals surface area contributed by atoms with Crippen molar-refractivity contribution >= 4 is 5.91 Å². The number of nitrogens with zero attached hydrogens (tertiary/aromatic N) is 1. The van der Waals surface area contributed by atoms with Crippen molar-refractivity contribution in [2.24, 2.45) is 0 Å². The molecule has 0 saturated carbocycles. The second-order valence-electron chi connectivity index (χ2n) is 6.97. The summed E-state index contributed by atoms with van der Waals surface area (Å²) in [5.41, 5.74) is 5.52. The van der Waals surface area contributed by atoms with E-state index >= 15 is 0 Å². The van der Waals surface area contributed by atoms with Gasteiger partial charge in [-0.3, -0.25) is 4.79 Å². The molecule has 0 radical (unpaired) electrons. The number of rotatable bonds is 8. The first-order chi connectivity index (χ1) is 12.7. The monoisotopic (exact) mass is 351 g/mol. The fourth-order valence-corrected chi connectivity index (χ4v) is 3.93. The number of carbonyl (C=O) groups is 1. The van der Waals surface area contributed by atoms with Crippen molar-refractivity contribution in [1.82, 2.24) is 4.90 Å². The Hall–Kier alpha value is -2.29. The van der Waals surface area contributed by atoms with Crippen molar-refractivity contribution in [3.8, 4) is 16.9 Å². The van der Waals surface area contributed by atoms with Gasteiger partial charge in [0.1, 0.15) is 5.75 Å². The zero-order valence-electron chi connectivity index (χ0n) is 16.2. The Morgan fingerprint density at radius 3 is 2.50 bits per heavy atom. The maximum atomic E-state index is 13.0. The number of hydrogen-bond donors (Lipinski definition) is 0. The van der Waals surface area contributed by atoms with Gasteiger partial charge in [0, 0.05) is 24.2 Å². The summed E-state index contributed by atoms with van der Waals surface area (Å²) in [5, 5.41) is 0. The van der Waals surface area contributed by atoms with Crippen LogP contribution in [0.3, 0.4) is 0 Å². The van der Waals surface area contributed by atoms with Crippen molar-refractivity contribution < 1.29 is 9.53 Å². The van der Waals surface area contributed by atoms with E-state index in [9.17, 15) is 4.79 Å². The molecular weight excluding hydrogens is 322 g/mol. The van der Waals surface area contributed by atoms with Gasteiger partial charge in [-0.15, -0.1) is 0 Å². The quantitative estimate of drug-likeness (QED) is 0.591. The molecule has 0 aromatic heterocycles. The summed E-state index contributed by atoms with van der Waals surface area (Å²) < 4.78 is 5.65. The summed E-state index contributed by atoms with van der Waals surface area (Å²) >= 11 is 0. The number of unbranched alkanes of at least 4 members (excludes halogenated alkanes) is 3. The molecule has 1 amide bonds. The molecule has 0 unspecified atom stereocenters. The average Bonchev–Trinajstić information content (AvgIpc) is 2.99. The number of benzene rings is 2. The van der Waals surface area contributed by atoms with E-state index in [0.717, 1.165) is 36.3 Å². The van der Waals surface area contributed by atoms with Crippen LogP contribution in [0.15, 0.2) is 36.4 Å². The lowest BCUT2D eigenvalue weighted by molar-refractivity contribution is 0.0775. The Labute approximate surface area is 157 Å². The SMILES string of the molecule is CCCCCCN1Cc2c(cc(OC)c(CC)c2-c2ccccc2)C1=O. The van der Waals surface area contributed by atoms with E-state index in [1.54, 1.807) is 7.11 Å². The second-order valence-corrected chi connectivity index (χ2v) is 6.97. The third-order valence-corrected chi connectivity index (χ3v) is 5.29. The molecule has 138 valence electrons. The van der Waals surface area contributed by atoms with Gasteiger partial charge < -0.3 is 9.64 Å². The summed E-state index contributed by atoms with van der Waals surface area (Å²) in [6, 6.07) is 12.3. The molecule has 2 aromatic rings. The summed E-state index contributed by atoms with van der Waals surface area (Å²) in [5.74, 6) is 0.973. The molecular formula is C23H29NO2. The normalized spacial score (nSPS) is 13.2. The van der Waals surface area contributed by atoms with E-state index in [4.69, 9.17) is 4.74 Å². The standard InChI is InChI=1S/C23H29NO2/c1-4-6-7-11-14-24-16-20-19(23(24)25)15-21(26-3)18(5-2)22(20)17-12-9-8-10-13-17/h8-10,12-13,15H,4-7,11,14,16H2,1-3H3. The minimum atomic E-state index is 0.148. The van der Waals surface area contributed by atoms with E-state index in [1.165, 1.54) is 36.0 Å². The maximum absolute atomic E-state index is 13.0. The van der Waals surface area contributed by atoms with Gasteiger partial charge in [0.15, 0.2) is 0 Å². The zero-order chi connectivity index (χ0) is 18.5. The largest absolute Gasteiger partial charge is 0.496 e. The van der Waals surface area contributed by atoms with Crippen LogP contribution < -0.4 is 4.74 Å². The van der Waals surface area contributed by atoms with E-state index < -0.39 is 0 Å². The van der Waals surface area contributed by atoms with Crippen molar-refractivity contribution in [2.45, 2.75) is 52.5 Å². The van der Waals surface area contributed by atoms with Crippen molar-refractivity contribution in [3.05, 3.63) is 53.1 Å². The number of fused-ring (bicyclic) bond motifs is 1. The molecule has 3 nitrogen and oxygen atoms in total. The summed E-state index contributed by atoms with van der Waals surface area (Å²) in [4.78, 5) is 15.0. The van der Waals surface area contributed by atoms with Crippen LogP contribution in [0.1, 0.15) is 61.0 Å². The Kier molecular flexibility index (Phi) is 5.97. The van der Waals surface area contributed by atoms with Crippen LogP contribution in [0.4, 0.5) is 0 Å². The molecule has 3 heteroatoms. The van der Waals surface area contributed by atoms with Crippen LogP contribution in [0.2, 0.25) is 0 Å². The van der Waals surface area contributed by atoms with Crippen LogP contribution in [-0.2, 0) is 13.0 Å². The zero-order valence-corrected chi connectivity index (χ0v) is 16.2. The smallest absolute Gasteiger partial charge is 0.254 e. The molecule has 26 heavy (non-hydrogen) atoms. The van der Waals surface area contributed by atoms with Crippen molar-refractivity contribution in [3.63, 3.8) is 0 Å². The highest BCUT2D eigenvalue weighted by atomic mass is 16.5. The number of amides is 1. The minimum absolute atomic E-state index is 0.148. The van der Waals surface area contributed by atoms with Crippen LogP contribution in [0.5, 0.6) is 5.75 Å². The highest BCUT2D eigenvalue weighted by Crippen LogP contribution is 2.40. The van der Waals surface area contributed by atoms with Crippen molar-refractivity contribution in [1.29, 1.82) is 0 Å². The molecule has 0 bridgehead atoms. The second kappa shape index (κ2) is 8.39. The third kappa shape index (κ3) is 3.48. The molecule has 0 aliphatic carbocycles. The Balaban J connectivity index is 2.01. The summed E-state index contributed by atoms with van der Waals surface area (Å²) in [7, 11) is 1.69. The lowest BCUT2D eigenvalue weighted by Crippen LogP contribution is -2.24. The average molecular weight is 351 g/mol. The van der Waals surface area contributed by atoms with Crippen LogP contribution in [0.25, 0.3) is 11.1 Å². The van der Waals surface area contributed by atoms with Gasteiger partial charge in [-0.25, -0.2) is 0 Å². The van der Waals surface area contributed by atoms with Crippen LogP contribution >= 0.6 is 0 Å². The number of hydrogen-bond acceptors (Lipinski definition) is 2. The van der Waals surface area contributed by atoms with E-state index in [2.05, 4.69) is 38.1 Å². The number of carbonyl (C=O) groups excluding carboxylic acids is 1. The Bertz CT molecular complexity index is 768. The molecule has 1 heterocycles. The molecule has 0 N–H and O–H groups in total. The molecule has 1 aliphatic heterocycles. The molecule has 0 fully saturated rings. The Morgan fingerprint density at radius 2 is 1.85 bits per heavy atom. The molecule has 0 saturated heterocycles. The molecule has 0 atom stereocenters. The predicted molar refractivity (Wildman–Crippen MR) is 107 cm³/mol. The van der Waals surface area contributed by atoms with Gasteiger partial charge >= 0.3 is 0 Å². The summed E-state index contributed by atoms with van der Waals surface area (Å²) in [6.45, 7) is 5.91. The number of ether oxygens (including phenoxy) is 1. The van der Waals surface area contributed by atoms with E-state index in [-0.39, 0.29) is 5.91 Å². The maximum Gasteiger partial charge on any atom is 0.254 e. The van der Waals surface area contributed by atoms with Gasteiger partial charge in [-0.2, -0.15) is 0 Å². The third-order valence-electron chi connectivity index (χ3n) is 5.29. The summed E-state index contributed by atoms with van der Waals surface area (Å²) in [6.07, 6.45) is 5.59. The first-order valence-corrected chi connectivity index (χ1v) is 9.78. The van der Waals surface area contributed by atoms with Crippen LogP contribution in [0, 0.1) is 0 Å². The lowest BCUT2D eigenvalue weighted by atomic mass is 9.90. The van der Waals surface area contributed by atoms with E-state index in [1.807, 2.05) is 17.0 Å². The van der Waals surface area contributed by atoms with Gasteiger partial charge in [-0.05, 0) is 35.6 Å². The topological polar surface area (TPSA) is 29.5 Å². The molecule has 1 aliphatic rings. The van der Waals surface area contributed by atoms with Crippen molar-refractivity contribution in [2.75, 3.05) is 13.7 Å². The number of methoxy groups -OCH3 is 1. The van der Waals surface area contributed by atoms with Crippen LogP contribution in [-0.4, -0.2) is 24.5 Å². The van der Waals surface area contributed by atoms with Gasteiger partial charge in [-0.1, -0.05) is 63.4 Å². The first kappa shape index (κ1) is 18.5. The fraction of sp³-hybridized carbons (Fsp3) is 0.435. The molecule has 3 rings (SSSR count).